The average Bonchev–Trinajstić information content (AvgIpc) is 2.34. The van der Waals surface area contributed by atoms with Crippen molar-refractivity contribution in [3.63, 3.8) is 0 Å². The molecule has 0 unspecified atom stereocenters. The Bertz CT molecular complexity index is 488. The predicted molar refractivity (Wildman–Crippen MR) is 66.8 cm³/mol. The minimum absolute atomic E-state index is 0.0166. The summed E-state index contributed by atoms with van der Waals surface area (Å²) < 4.78 is 18.3. The van der Waals surface area contributed by atoms with Gasteiger partial charge in [0, 0.05) is 19.2 Å². The monoisotopic (exact) mass is 269 g/mol. The summed E-state index contributed by atoms with van der Waals surface area (Å²) in [4.78, 5) is 23.9. The van der Waals surface area contributed by atoms with E-state index < -0.39 is 11.8 Å². The maximum atomic E-state index is 13.2. The van der Waals surface area contributed by atoms with Crippen molar-refractivity contribution in [3.05, 3.63) is 29.6 Å². The van der Waals surface area contributed by atoms with Crippen LogP contribution in [-0.2, 0) is 4.79 Å². The third-order valence-corrected chi connectivity index (χ3v) is 2.65. The summed E-state index contributed by atoms with van der Waals surface area (Å²) in [5.74, 6) is -2.23. The smallest absolute Gasteiger partial charge is 0.335 e. The van der Waals surface area contributed by atoms with Gasteiger partial charge in [-0.15, -0.1) is 0 Å². The number of carbonyl (C=O) groups excluding carboxylic acids is 1. The van der Waals surface area contributed by atoms with Crippen LogP contribution in [0, 0.1) is 5.82 Å². The van der Waals surface area contributed by atoms with Crippen molar-refractivity contribution in [1.82, 2.24) is 4.90 Å². The molecule has 0 radical (unpaired) electrons. The van der Waals surface area contributed by atoms with Gasteiger partial charge in [0.2, 0.25) is 0 Å². The first kappa shape index (κ1) is 14.9. The van der Waals surface area contributed by atoms with Crippen LogP contribution in [0.1, 0.15) is 24.2 Å². The standard InChI is InChI=1S/C13H16FNO4/c1-8(2)15(3)12(16)7-19-11-5-9(13(17)18)4-10(14)6-11/h4-6,8H,7H2,1-3H3,(H,17,18). The van der Waals surface area contributed by atoms with Gasteiger partial charge in [-0.1, -0.05) is 0 Å². The lowest BCUT2D eigenvalue weighted by Gasteiger charge is -2.21. The van der Waals surface area contributed by atoms with Crippen molar-refractivity contribution in [2.45, 2.75) is 19.9 Å². The number of hydrogen-bond donors (Lipinski definition) is 1. The number of carboxylic acids is 1. The minimum atomic E-state index is -1.25. The van der Waals surface area contributed by atoms with Gasteiger partial charge in [-0.25, -0.2) is 9.18 Å². The average molecular weight is 269 g/mol. The molecule has 0 spiro atoms. The van der Waals surface area contributed by atoms with Crippen LogP contribution in [0.3, 0.4) is 0 Å². The number of benzene rings is 1. The summed E-state index contributed by atoms with van der Waals surface area (Å²) in [6.07, 6.45) is 0. The summed E-state index contributed by atoms with van der Waals surface area (Å²) >= 11 is 0. The molecule has 19 heavy (non-hydrogen) atoms. The first-order valence-electron chi connectivity index (χ1n) is 5.73. The highest BCUT2D eigenvalue weighted by Crippen LogP contribution is 2.16. The number of likely N-dealkylation sites (N-methyl/N-ethyl adjacent to an activating group) is 1. The van der Waals surface area contributed by atoms with E-state index in [0.29, 0.717) is 0 Å². The molecular formula is C13H16FNO4. The van der Waals surface area contributed by atoms with E-state index >= 15 is 0 Å². The molecule has 1 N–H and O–H groups in total. The van der Waals surface area contributed by atoms with Crippen LogP contribution in [0.4, 0.5) is 4.39 Å². The molecule has 0 aliphatic heterocycles. The van der Waals surface area contributed by atoms with E-state index in [1.165, 1.54) is 11.0 Å². The highest BCUT2D eigenvalue weighted by molar-refractivity contribution is 5.88. The van der Waals surface area contributed by atoms with Crippen LogP contribution in [0.25, 0.3) is 0 Å². The van der Waals surface area contributed by atoms with Gasteiger partial charge in [-0.05, 0) is 26.0 Å². The number of ether oxygens (including phenoxy) is 1. The van der Waals surface area contributed by atoms with E-state index in [1.807, 2.05) is 13.8 Å². The number of nitrogens with zero attached hydrogens (tertiary/aromatic N) is 1. The third-order valence-electron chi connectivity index (χ3n) is 2.65. The lowest BCUT2D eigenvalue weighted by atomic mass is 10.2. The van der Waals surface area contributed by atoms with E-state index in [0.717, 1.165) is 12.1 Å². The maximum Gasteiger partial charge on any atom is 0.335 e. The molecule has 1 aromatic rings. The van der Waals surface area contributed by atoms with Crippen LogP contribution in [0.15, 0.2) is 18.2 Å². The van der Waals surface area contributed by atoms with E-state index in [-0.39, 0.29) is 29.9 Å². The van der Waals surface area contributed by atoms with E-state index in [1.54, 1.807) is 7.05 Å². The molecule has 1 rings (SSSR count). The number of carboxylic acid groups (broad SMARTS) is 1. The van der Waals surface area contributed by atoms with Crippen molar-refractivity contribution in [2.24, 2.45) is 0 Å². The third kappa shape index (κ3) is 4.24. The Labute approximate surface area is 110 Å². The van der Waals surface area contributed by atoms with Crippen molar-refractivity contribution in [1.29, 1.82) is 0 Å². The number of carbonyl (C=O) groups is 2. The van der Waals surface area contributed by atoms with Gasteiger partial charge in [-0.2, -0.15) is 0 Å². The fourth-order valence-corrected chi connectivity index (χ4v) is 1.30. The summed E-state index contributed by atoms with van der Waals surface area (Å²) in [6, 6.07) is 3.12. The second-order valence-corrected chi connectivity index (χ2v) is 4.37. The number of hydrogen-bond acceptors (Lipinski definition) is 3. The molecule has 5 nitrogen and oxygen atoms in total. The van der Waals surface area contributed by atoms with Gasteiger partial charge in [0.15, 0.2) is 6.61 Å². The second-order valence-electron chi connectivity index (χ2n) is 4.37. The molecule has 104 valence electrons. The zero-order valence-corrected chi connectivity index (χ0v) is 11.0. The summed E-state index contributed by atoms with van der Waals surface area (Å²) in [5, 5.41) is 8.77. The van der Waals surface area contributed by atoms with Crippen molar-refractivity contribution in [3.8, 4) is 5.75 Å². The van der Waals surface area contributed by atoms with Crippen LogP contribution in [0.2, 0.25) is 0 Å². The zero-order chi connectivity index (χ0) is 14.6. The van der Waals surface area contributed by atoms with Gasteiger partial charge in [0.25, 0.3) is 5.91 Å². The first-order valence-corrected chi connectivity index (χ1v) is 5.73. The number of halogens is 1. The van der Waals surface area contributed by atoms with Crippen LogP contribution >= 0.6 is 0 Å². The molecule has 0 heterocycles. The van der Waals surface area contributed by atoms with Crippen LogP contribution in [-0.4, -0.2) is 41.6 Å². The van der Waals surface area contributed by atoms with Crippen molar-refractivity contribution < 1.29 is 23.8 Å². The molecule has 6 heteroatoms. The topological polar surface area (TPSA) is 66.8 Å². The molecule has 0 aliphatic rings. The van der Waals surface area contributed by atoms with Crippen LogP contribution < -0.4 is 4.74 Å². The highest BCUT2D eigenvalue weighted by atomic mass is 19.1. The van der Waals surface area contributed by atoms with Gasteiger partial charge in [-0.3, -0.25) is 4.79 Å². The molecule has 0 saturated heterocycles. The van der Waals surface area contributed by atoms with Gasteiger partial charge in [0.05, 0.1) is 5.56 Å². The Morgan fingerprint density at radius 2 is 2.00 bits per heavy atom. The maximum absolute atomic E-state index is 13.2. The Kier molecular flexibility index (Phi) is 4.86. The molecule has 0 aromatic heterocycles. The molecule has 0 saturated carbocycles. The molecule has 1 aromatic carbocycles. The van der Waals surface area contributed by atoms with Gasteiger partial charge >= 0.3 is 5.97 Å². The largest absolute Gasteiger partial charge is 0.484 e. The normalized spacial score (nSPS) is 10.4. The van der Waals surface area contributed by atoms with E-state index in [4.69, 9.17) is 9.84 Å². The molecule has 0 bridgehead atoms. The lowest BCUT2D eigenvalue weighted by Crippen LogP contribution is -2.36. The lowest BCUT2D eigenvalue weighted by molar-refractivity contribution is -0.133. The molecule has 0 fully saturated rings. The summed E-state index contributed by atoms with van der Waals surface area (Å²) in [5.41, 5.74) is -0.223. The fraction of sp³-hybridized carbons (Fsp3) is 0.385. The SMILES string of the molecule is CC(C)N(C)C(=O)COc1cc(F)cc(C(=O)O)c1. The van der Waals surface area contributed by atoms with Crippen LogP contribution in [0.5, 0.6) is 5.75 Å². The Morgan fingerprint density at radius 3 is 2.53 bits per heavy atom. The zero-order valence-electron chi connectivity index (χ0n) is 11.0. The Morgan fingerprint density at radius 1 is 1.37 bits per heavy atom. The molecule has 1 amide bonds. The molecular weight excluding hydrogens is 253 g/mol. The molecule has 0 atom stereocenters. The van der Waals surface area contributed by atoms with Crippen molar-refractivity contribution in [2.75, 3.05) is 13.7 Å². The van der Waals surface area contributed by atoms with E-state index in [9.17, 15) is 14.0 Å². The summed E-state index contributed by atoms with van der Waals surface area (Å²) in [6.45, 7) is 3.43. The fourth-order valence-electron chi connectivity index (χ4n) is 1.30. The van der Waals surface area contributed by atoms with E-state index in [2.05, 4.69) is 0 Å². The molecule has 0 aliphatic carbocycles. The van der Waals surface area contributed by atoms with Gasteiger partial charge in [0.1, 0.15) is 11.6 Å². The van der Waals surface area contributed by atoms with Gasteiger partial charge < -0.3 is 14.7 Å². The summed E-state index contributed by atoms with van der Waals surface area (Å²) in [7, 11) is 1.63. The second kappa shape index (κ2) is 6.17. The Hall–Kier alpha value is -2.11. The number of rotatable bonds is 5. The minimum Gasteiger partial charge on any atom is -0.484 e. The predicted octanol–water partition coefficient (Wildman–Crippen LogP) is 1.77. The first-order chi connectivity index (χ1) is 8.81. The highest BCUT2D eigenvalue weighted by Gasteiger charge is 2.13. The number of aromatic carboxylic acids is 1. The van der Waals surface area contributed by atoms with Crippen molar-refractivity contribution >= 4 is 11.9 Å². The Balaban J connectivity index is 2.73. The quantitative estimate of drug-likeness (QED) is 0.884. The number of amides is 1.